The average molecular weight is 302 g/mol. The molecule has 0 bridgehead atoms. The van der Waals surface area contributed by atoms with Gasteiger partial charge in [-0.25, -0.2) is 0 Å². The normalized spacial score (nSPS) is 13.2. The van der Waals surface area contributed by atoms with Crippen LogP contribution in [0.1, 0.15) is 52.4 Å². The minimum atomic E-state index is -2.72. The number of carbonyl (C=O) groups is 1. The van der Waals surface area contributed by atoms with Gasteiger partial charge in [-0.15, -0.1) is 0 Å². The Balaban J connectivity index is 4.24. The lowest BCUT2D eigenvalue weighted by molar-refractivity contribution is -0.122. The largest absolute Gasteiger partial charge is 0.501 e. The summed E-state index contributed by atoms with van der Waals surface area (Å²) < 4.78 is 16.8. The molecule has 0 radical (unpaired) electrons. The van der Waals surface area contributed by atoms with E-state index in [9.17, 15) is 4.79 Å². The van der Waals surface area contributed by atoms with Crippen LogP contribution in [0, 0.1) is 0 Å². The van der Waals surface area contributed by atoms with Gasteiger partial charge in [0.15, 0.2) is 5.78 Å². The minimum Gasteiger partial charge on any atom is -0.377 e. The zero-order valence-electron chi connectivity index (χ0n) is 13.4. The highest BCUT2D eigenvalue weighted by atomic mass is 28.4. The quantitative estimate of drug-likeness (QED) is 0.295. The van der Waals surface area contributed by atoms with E-state index in [0.29, 0.717) is 0 Å². The first kappa shape index (κ1) is 19.5. The van der Waals surface area contributed by atoms with Gasteiger partial charge in [-0.2, -0.15) is 0 Å². The van der Waals surface area contributed by atoms with Crippen LogP contribution in [-0.4, -0.2) is 34.9 Å². The highest BCUT2D eigenvalue weighted by molar-refractivity contribution is 6.60. The molecule has 118 valence electrons. The average Bonchev–Trinajstić information content (AvgIpc) is 2.48. The van der Waals surface area contributed by atoms with Gasteiger partial charge in [0.25, 0.3) is 0 Å². The van der Waals surface area contributed by atoms with E-state index >= 15 is 0 Å². The maximum atomic E-state index is 11.5. The van der Waals surface area contributed by atoms with Crippen molar-refractivity contribution in [3.8, 4) is 0 Å². The Kier molecular flexibility index (Phi) is 10.9. The minimum absolute atomic E-state index is 0.140. The van der Waals surface area contributed by atoms with E-state index in [1.54, 1.807) is 21.1 Å². The van der Waals surface area contributed by atoms with Crippen molar-refractivity contribution in [3.05, 3.63) is 12.7 Å². The van der Waals surface area contributed by atoms with Crippen LogP contribution in [0.5, 0.6) is 0 Å². The van der Waals surface area contributed by atoms with Gasteiger partial charge < -0.3 is 13.3 Å². The van der Waals surface area contributed by atoms with E-state index in [2.05, 4.69) is 13.5 Å². The third-order valence-electron chi connectivity index (χ3n) is 3.42. The Bertz CT molecular complexity index is 277. The summed E-state index contributed by atoms with van der Waals surface area (Å²) >= 11 is 0. The number of rotatable bonds is 13. The van der Waals surface area contributed by atoms with Crippen molar-refractivity contribution in [1.82, 2.24) is 0 Å². The SMILES string of the molecule is C=CC(=O)C(C)O[Si](CCCCCCCC)(OC)OC. The summed E-state index contributed by atoms with van der Waals surface area (Å²) in [5.74, 6) is -0.140. The van der Waals surface area contributed by atoms with Gasteiger partial charge in [-0.1, -0.05) is 45.6 Å². The van der Waals surface area contributed by atoms with E-state index in [1.807, 2.05) is 0 Å². The summed E-state index contributed by atoms with van der Waals surface area (Å²) in [6, 6.07) is 0.751. The van der Waals surface area contributed by atoms with Crippen LogP contribution in [0.2, 0.25) is 6.04 Å². The van der Waals surface area contributed by atoms with Crippen LogP contribution >= 0.6 is 0 Å². The second-order valence-electron chi connectivity index (χ2n) is 4.98. The lowest BCUT2D eigenvalue weighted by Gasteiger charge is -2.28. The molecule has 0 fully saturated rings. The Hall–Kier alpha value is -0.493. The molecule has 5 heteroatoms. The number of unbranched alkanes of at least 4 members (excludes halogenated alkanes) is 5. The van der Waals surface area contributed by atoms with Crippen LogP contribution in [0.15, 0.2) is 12.7 Å². The predicted molar refractivity (Wildman–Crippen MR) is 83.7 cm³/mol. The van der Waals surface area contributed by atoms with Gasteiger partial charge in [0.1, 0.15) is 6.10 Å². The standard InChI is InChI=1S/C15H30O4Si/c1-6-8-9-10-11-12-13-20(17-4,18-5)19-14(3)15(16)7-2/h7,14H,2,6,8-13H2,1,3-5H3. The van der Waals surface area contributed by atoms with E-state index < -0.39 is 14.9 Å². The smallest absolute Gasteiger partial charge is 0.377 e. The summed E-state index contributed by atoms with van der Waals surface area (Å²) in [5.41, 5.74) is 0. The number of carbonyl (C=O) groups excluding carboxylic acids is 1. The second-order valence-corrected chi connectivity index (χ2v) is 7.89. The molecule has 4 nitrogen and oxygen atoms in total. The van der Waals surface area contributed by atoms with Crippen molar-refractivity contribution < 1.29 is 18.1 Å². The molecule has 0 spiro atoms. The molecule has 0 heterocycles. The highest BCUT2D eigenvalue weighted by Crippen LogP contribution is 2.21. The highest BCUT2D eigenvalue weighted by Gasteiger charge is 2.41. The third-order valence-corrected chi connectivity index (χ3v) is 6.34. The molecule has 0 N–H and O–H groups in total. The van der Waals surface area contributed by atoms with E-state index in [0.717, 1.165) is 18.9 Å². The van der Waals surface area contributed by atoms with Gasteiger partial charge >= 0.3 is 8.80 Å². The molecule has 0 aromatic rings. The summed E-state index contributed by atoms with van der Waals surface area (Å²) in [6.07, 6.45) is 7.92. The van der Waals surface area contributed by atoms with Crippen molar-refractivity contribution in [2.24, 2.45) is 0 Å². The van der Waals surface area contributed by atoms with Gasteiger partial charge in [-0.3, -0.25) is 4.79 Å². The maximum Gasteiger partial charge on any atom is 0.501 e. The molecule has 0 aliphatic rings. The zero-order valence-corrected chi connectivity index (χ0v) is 14.4. The van der Waals surface area contributed by atoms with Gasteiger partial charge in [0, 0.05) is 20.3 Å². The number of hydrogen-bond acceptors (Lipinski definition) is 4. The number of ketones is 1. The fourth-order valence-corrected chi connectivity index (χ4v) is 4.28. The van der Waals surface area contributed by atoms with E-state index in [4.69, 9.17) is 13.3 Å². The zero-order chi connectivity index (χ0) is 15.4. The Labute approximate surface area is 124 Å². The molecule has 0 aliphatic carbocycles. The Morgan fingerprint density at radius 3 is 2.20 bits per heavy atom. The molecule has 0 aromatic heterocycles. The first-order valence-corrected chi connectivity index (χ1v) is 9.42. The van der Waals surface area contributed by atoms with Crippen molar-refractivity contribution in [1.29, 1.82) is 0 Å². The summed E-state index contributed by atoms with van der Waals surface area (Å²) in [7, 11) is 0.468. The van der Waals surface area contributed by atoms with E-state index in [-0.39, 0.29) is 5.78 Å². The topological polar surface area (TPSA) is 44.8 Å². The molecule has 0 aliphatic heterocycles. The predicted octanol–water partition coefficient (Wildman–Crippen LogP) is 3.74. The molecular formula is C15H30O4Si. The number of hydrogen-bond donors (Lipinski definition) is 0. The van der Waals surface area contributed by atoms with Crippen molar-refractivity contribution in [3.63, 3.8) is 0 Å². The van der Waals surface area contributed by atoms with Gasteiger partial charge in [0.2, 0.25) is 0 Å². The molecule has 1 atom stereocenters. The Morgan fingerprint density at radius 1 is 1.15 bits per heavy atom. The van der Waals surface area contributed by atoms with Crippen molar-refractivity contribution in [2.75, 3.05) is 14.2 Å². The van der Waals surface area contributed by atoms with Gasteiger partial charge in [0.05, 0.1) is 0 Å². The van der Waals surface area contributed by atoms with Crippen molar-refractivity contribution in [2.45, 2.75) is 64.5 Å². The summed E-state index contributed by atoms with van der Waals surface area (Å²) in [6.45, 7) is 7.39. The van der Waals surface area contributed by atoms with Crippen LogP contribution < -0.4 is 0 Å². The lowest BCUT2D eigenvalue weighted by Crippen LogP contribution is -2.47. The summed E-state index contributed by atoms with van der Waals surface area (Å²) in [4.78, 5) is 11.5. The molecule has 0 amide bonds. The van der Waals surface area contributed by atoms with Crippen LogP contribution in [0.4, 0.5) is 0 Å². The molecule has 0 aromatic carbocycles. The van der Waals surface area contributed by atoms with E-state index in [1.165, 1.54) is 31.8 Å². The fourth-order valence-electron chi connectivity index (χ4n) is 2.06. The fraction of sp³-hybridized carbons (Fsp3) is 0.800. The molecule has 0 rings (SSSR count). The maximum absolute atomic E-state index is 11.5. The first-order chi connectivity index (χ1) is 9.55. The third kappa shape index (κ3) is 7.33. The molecule has 0 saturated carbocycles. The second kappa shape index (κ2) is 11.2. The first-order valence-electron chi connectivity index (χ1n) is 7.49. The molecule has 20 heavy (non-hydrogen) atoms. The molecular weight excluding hydrogens is 272 g/mol. The van der Waals surface area contributed by atoms with Crippen molar-refractivity contribution >= 4 is 14.6 Å². The Morgan fingerprint density at radius 2 is 1.70 bits per heavy atom. The van der Waals surface area contributed by atoms with Gasteiger partial charge in [-0.05, 0) is 19.4 Å². The summed E-state index contributed by atoms with van der Waals surface area (Å²) in [5, 5.41) is 0. The van der Waals surface area contributed by atoms with Crippen LogP contribution in [0.3, 0.4) is 0 Å². The van der Waals surface area contributed by atoms with Crippen LogP contribution in [0.25, 0.3) is 0 Å². The monoisotopic (exact) mass is 302 g/mol. The molecule has 0 saturated heterocycles. The molecule has 1 unspecified atom stereocenters. The lowest BCUT2D eigenvalue weighted by atomic mass is 10.1. The van der Waals surface area contributed by atoms with Crippen LogP contribution in [-0.2, 0) is 18.1 Å².